The average Bonchev–Trinajstić information content (AvgIpc) is 2.19. The lowest BCUT2D eigenvalue weighted by atomic mass is 9.95. The second-order valence-electron chi connectivity index (χ2n) is 4.13. The van der Waals surface area contributed by atoms with Gasteiger partial charge in [0.05, 0.1) is 5.56 Å². The highest BCUT2D eigenvalue weighted by Crippen LogP contribution is 2.36. The van der Waals surface area contributed by atoms with E-state index in [-0.39, 0.29) is 16.4 Å². The predicted octanol–water partition coefficient (Wildman–Crippen LogP) is 3.63. The van der Waals surface area contributed by atoms with E-state index in [0.29, 0.717) is 5.56 Å². The van der Waals surface area contributed by atoms with Crippen LogP contribution in [0.3, 0.4) is 0 Å². The molecule has 0 fully saturated rings. The van der Waals surface area contributed by atoms with Gasteiger partial charge in [-0.25, -0.2) is 0 Å². The number of hydrazine groups is 1. The predicted molar refractivity (Wildman–Crippen MR) is 64.0 cm³/mol. The van der Waals surface area contributed by atoms with Gasteiger partial charge in [-0.05, 0) is 23.6 Å². The number of nitrogens with one attached hydrogen (secondary N) is 1. The second kappa shape index (κ2) is 5.37. The van der Waals surface area contributed by atoms with Gasteiger partial charge in [-0.2, -0.15) is 13.2 Å². The zero-order chi connectivity index (χ0) is 13.2. The molecule has 6 heteroatoms. The fourth-order valence-corrected chi connectivity index (χ4v) is 2.10. The first-order chi connectivity index (χ1) is 7.77. The first-order valence-corrected chi connectivity index (χ1v) is 5.89. The molecule has 0 saturated carbocycles. The topological polar surface area (TPSA) is 38.0 Å². The molecule has 0 aliphatic carbocycles. The molecule has 0 aromatic heterocycles. The van der Waals surface area contributed by atoms with Crippen LogP contribution >= 0.6 is 15.9 Å². The Bertz CT molecular complexity index is 391. The molecular weight excluding hydrogens is 297 g/mol. The molecule has 0 heterocycles. The number of hydrogen-bond acceptors (Lipinski definition) is 2. The minimum atomic E-state index is -4.37. The lowest BCUT2D eigenvalue weighted by Gasteiger charge is -2.21. The molecule has 3 N–H and O–H groups in total. The van der Waals surface area contributed by atoms with Gasteiger partial charge in [0.15, 0.2) is 0 Å². The van der Waals surface area contributed by atoms with Crippen LogP contribution in [-0.4, -0.2) is 0 Å². The maximum Gasteiger partial charge on any atom is 0.417 e. The van der Waals surface area contributed by atoms with Crippen LogP contribution < -0.4 is 11.3 Å². The molecule has 1 aromatic rings. The van der Waals surface area contributed by atoms with Crippen molar-refractivity contribution in [3.8, 4) is 0 Å². The first kappa shape index (κ1) is 14.5. The van der Waals surface area contributed by atoms with E-state index < -0.39 is 11.7 Å². The summed E-state index contributed by atoms with van der Waals surface area (Å²) in [5.74, 6) is 5.46. The zero-order valence-corrected chi connectivity index (χ0v) is 11.1. The second-order valence-corrected chi connectivity index (χ2v) is 4.98. The van der Waals surface area contributed by atoms with Gasteiger partial charge in [0, 0.05) is 10.5 Å². The number of halogens is 4. The summed E-state index contributed by atoms with van der Waals surface area (Å²) in [5.41, 5.74) is 2.37. The van der Waals surface area contributed by atoms with Crippen LogP contribution in [0.5, 0.6) is 0 Å². The fraction of sp³-hybridized carbons (Fsp3) is 0.455. The third-order valence-corrected chi connectivity index (χ3v) is 3.19. The summed E-state index contributed by atoms with van der Waals surface area (Å²) in [7, 11) is 0. The van der Waals surface area contributed by atoms with E-state index in [1.807, 2.05) is 13.8 Å². The Morgan fingerprint density at radius 2 is 1.88 bits per heavy atom. The maximum atomic E-state index is 12.7. The Morgan fingerprint density at radius 1 is 1.29 bits per heavy atom. The van der Waals surface area contributed by atoms with Crippen molar-refractivity contribution in [3.63, 3.8) is 0 Å². The molecule has 0 bridgehead atoms. The summed E-state index contributed by atoms with van der Waals surface area (Å²) in [6.45, 7) is 3.78. The lowest BCUT2D eigenvalue weighted by molar-refractivity contribution is -0.138. The van der Waals surface area contributed by atoms with Crippen LogP contribution in [0.2, 0.25) is 0 Å². The molecule has 0 aliphatic heterocycles. The summed E-state index contributed by atoms with van der Waals surface area (Å²) in [5, 5.41) is 0. The van der Waals surface area contributed by atoms with Crippen LogP contribution in [-0.2, 0) is 6.18 Å². The highest BCUT2D eigenvalue weighted by molar-refractivity contribution is 9.10. The highest BCUT2D eigenvalue weighted by atomic mass is 79.9. The van der Waals surface area contributed by atoms with Crippen molar-refractivity contribution in [2.45, 2.75) is 26.1 Å². The summed E-state index contributed by atoms with van der Waals surface area (Å²) < 4.78 is 38.2. The van der Waals surface area contributed by atoms with Crippen molar-refractivity contribution in [1.29, 1.82) is 0 Å². The summed E-state index contributed by atoms with van der Waals surface area (Å²) in [4.78, 5) is 0. The van der Waals surface area contributed by atoms with E-state index in [4.69, 9.17) is 5.84 Å². The lowest BCUT2D eigenvalue weighted by Crippen LogP contribution is -2.31. The molecule has 1 rings (SSSR count). The minimum absolute atomic E-state index is 0.0354. The van der Waals surface area contributed by atoms with Gasteiger partial charge in [-0.3, -0.25) is 11.3 Å². The number of hydrogen-bond donors (Lipinski definition) is 2. The Labute approximate surface area is 106 Å². The van der Waals surface area contributed by atoms with E-state index >= 15 is 0 Å². The molecule has 1 atom stereocenters. The Morgan fingerprint density at radius 3 is 2.29 bits per heavy atom. The third kappa shape index (κ3) is 3.43. The number of alkyl halides is 3. The van der Waals surface area contributed by atoms with Crippen molar-refractivity contribution in [2.24, 2.45) is 11.8 Å². The molecular formula is C11H14BrF3N2. The van der Waals surface area contributed by atoms with Crippen molar-refractivity contribution >= 4 is 15.9 Å². The molecule has 2 nitrogen and oxygen atoms in total. The first-order valence-electron chi connectivity index (χ1n) is 5.10. The van der Waals surface area contributed by atoms with Gasteiger partial charge in [-0.15, -0.1) is 0 Å². The van der Waals surface area contributed by atoms with Gasteiger partial charge in [0.1, 0.15) is 0 Å². The molecule has 0 saturated heterocycles. The molecule has 0 amide bonds. The van der Waals surface area contributed by atoms with Gasteiger partial charge < -0.3 is 0 Å². The van der Waals surface area contributed by atoms with Crippen molar-refractivity contribution in [3.05, 3.63) is 33.8 Å². The van der Waals surface area contributed by atoms with E-state index in [2.05, 4.69) is 21.4 Å². The molecule has 1 unspecified atom stereocenters. The van der Waals surface area contributed by atoms with Crippen molar-refractivity contribution in [1.82, 2.24) is 5.43 Å². The van der Waals surface area contributed by atoms with E-state index in [0.717, 1.165) is 6.07 Å². The quantitative estimate of drug-likeness (QED) is 0.661. The normalized spacial score (nSPS) is 14.1. The Kier molecular flexibility index (Phi) is 4.57. The zero-order valence-electron chi connectivity index (χ0n) is 9.48. The smallest absolute Gasteiger partial charge is 0.271 e. The number of benzene rings is 1. The standard InChI is InChI=1S/C11H14BrF3N2/c1-6(2)10(17-16)7-3-4-9(12)8(5-7)11(13,14)15/h3-6,10,17H,16H2,1-2H3. The molecule has 0 radical (unpaired) electrons. The summed E-state index contributed by atoms with van der Waals surface area (Å²) in [6.07, 6.45) is -4.37. The van der Waals surface area contributed by atoms with Crippen molar-refractivity contribution < 1.29 is 13.2 Å². The Balaban J connectivity index is 3.21. The van der Waals surface area contributed by atoms with Crippen LogP contribution in [0.1, 0.15) is 31.0 Å². The molecule has 0 aliphatic rings. The molecule has 0 spiro atoms. The van der Waals surface area contributed by atoms with E-state index in [1.54, 1.807) is 6.07 Å². The summed E-state index contributed by atoms with van der Waals surface area (Å²) in [6, 6.07) is 3.84. The van der Waals surface area contributed by atoms with Crippen LogP contribution in [0.15, 0.2) is 22.7 Å². The number of rotatable bonds is 3. The van der Waals surface area contributed by atoms with Gasteiger partial charge >= 0.3 is 6.18 Å². The van der Waals surface area contributed by atoms with Gasteiger partial charge in [-0.1, -0.05) is 35.8 Å². The van der Waals surface area contributed by atoms with Crippen LogP contribution in [0, 0.1) is 5.92 Å². The van der Waals surface area contributed by atoms with Gasteiger partial charge in [0.2, 0.25) is 0 Å². The maximum absolute atomic E-state index is 12.7. The molecule has 17 heavy (non-hydrogen) atoms. The van der Waals surface area contributed by atoms with Gasteiger partial charge in [0.25, 0.3) is 0 Å². The Hall–Kier alpha value is -0.590. The summed E-state index contributed by atoms with van der Waals surface area (Å²) >= 11 is 2.90. The average molecular weight is 311 g/mol. The highest BCUT2D eigenvalue weighted by Gasteiger charge is 2.33. The minimum Gasteiger partial charge on any atom is -0.271 e. The van der Waals surface area contributed by atoms with Crippen molar-refractivity contribution in [2.75, 3.05) is 0 Å². The van der Waals surface area contributed by atoms with Crippen LogP contribution in [0.25, 0.3) is 0 Å². The monoisotopic (exact) mass is 310 g/mol. The third-order valence-electron chi connectivity index (χ3n) is 2.50. The number of nitrogens with two attached hydrogens (primary N) is 1. The van der Waals surface area contributed by atoms with E-state index in [1.165, 1.54) is 6.07 Å². The SMILES string of the molecule is CC(C)C(NN)c1ccc(Br)c(C(F)(F)F)c1. The molecule has 96 valence electrons. The largest absolute Gasteiger partial charge is 0.417 e. The fourth-order valence-electron chi connectivity index (χ4n) is 1.63. The van der Waals surface area contributed by atoms with E-state index in [9.17, 15) is 13.2 Å². The molecule has 1 aromatic carbocycles. The van der Waals surface area contributed by atoms with Crippen LogP contribution in [0.4, 0.5) is 13.2 Å².